The van der Waals surface area contributed by atoms with Crippen LogP contribution < -0.4 is 21.3 Å². The van der Waals surface area contributed by atoms with Gasteiger partial charge in [0.2, 0.25) is 0 Å². The van der Waals surface area contributed by atoms with Gasteiger partial charge in [0.25, 0.3) is 0 Å². The molecule has 0 heterocycles. The number of para-hydroxylation sites is 3. The molecule has 0 aliphatic heterocycles. The Hall–Kier alpha value is -2.98. The second kappa shape index (κ2) is 9.49. The van der Waals surface area contributed by atoms with E-state index in [4.69, 9.17) is 5.73 Å². The molecule has 3 aromatic rings. The lowest BCUT2D eigenvalue weighted by atomic mass is 10.2. The van der Waals surface area contributed by atoms with Crippen LogP contribution in [0.3, 0.4) is 0 Å². The molecular formula is C22H26N4. The van der Waals surface area contributed by atoms with Crippen LogP contribution in [-0.2, 0) is 0 Å². The number of benzene rings is 3. The Morgan fingerprint density at radius 2 is 1.27 bits per heavy atom. The van der Waals surface area contributed by atoms with E-state index in [9.17, 15) is 0 Å². The first-order valence-electron chi connectivity index (χ1n) is 8.99. The van der Waals surface area contributed by atoms with Gasteiger partial charge in [-0.25, -0.2) is 0 Å². The van der Waals surface area contributed by atoms with E-state index in [-0.39, 0.29) is 6.17 Å². The summed E-state index contributed by atoms with van der Waals surface area (Å²) in [6.45, 7) is 2.17. The molecule has 0 aromatic heterocycles. The average molecular weight is 346 g/mol. The van der Waals surface area contributed by atoms with Crippen LogP contribution in [0.4, 0.5) is 17.1 Å². The van der Waals surface area contributed by atoms with E-state index in [2.05, 4.69) is 64.1 Å². The van der Waals surface area contributed by atoms with E-state index >= 15 is 0 Å². The van der Waals surface area contributed by atoms with Gasteiger partial charge in [-0.1, -0.05) is 54.6 Å². The lowest BCUT2D eigenvalue weighted by molar-refractivity contribution is 0.661. The summed E-state index contributed by atoms with van der Waals surface area (Å²) in [6.07, 6.45) is 0.0115. The number of hydrogen-bond donors (Lipinski definition) is 3. The molecule has 0 aliphatic carbocycles. The Bertz CT molecular complexity index is 747. The second-order valence-corrected chi connectivity index (χ2v) is 6.08. The number of anilines is 3. The van der Waals surface area contributed by atoms with Crippen molar-refractivity contribution in [3.05, 3.63) is 91.0 Å². The summed E-state index contributed by atoms with van der Waals surface area (Å²) in [5, 5.41) is 7.03. The fourth-order valence-corrected chi connectivity index (χ4v) is 2.95. The molecule has 3 aromatic carbocycles. The predicted octanol–water partition coefficient (Wildman–Crippen LogP) is 4.00. The maximum Gasteiger partial charge on any atom is 0.112 e. The minimum atomic E-state index is 0.0115. The third-order valence-electron chi connectivity index (χ3n) is 4.25. The lowest BCUT2D eigenvalue weighted by Gasteiger charge is -2.34. The fraction of sp³-hybridized carbons (Fsp3) is 0.182. The normalized spacial score (nSPS) is 11.6. The molecular weight excluding hydrogens is 320 g/mol. The van der Waals surface area contributed by atoms with Crippen molar-refractivity contribution < 1.29 is 0 Å². The van der Waals surface area contributed by atoms with Crippen LogP contribution in [-0.4, -0.2) is 25.8 Å². The first-order chi connectivity index (χ1) is 12.9. The van der Waals surface area contributed by atoms with Crippen LogP contribution in [0.15, 0.2) is 91.0 Å². The van der Waals surface area contributed by atoms with E-state index in [1.165, 1.54) is 0 Å². The summed E-state index contributed by atoms with van der Waals surface area (Å²) >= 11 is 0. The molecule has 0 amide bonds. The first-order valence-corrected chi connectivity index (χ1v) is 8.99. The number of nitrogens with zero attached hydrogens (tertiary/aromatic N) is 1. The zero-order valence-electron chi connectivity index (χ0n) is 14.9. The van der Waals surface area contributed by atoms with E-state index in [0.29, 0.717) is 6.54 Å². The fourth-order valence-electron chi connectivity index (χ4n) is 2.95. The van der Waals surface area contributed by atoms with Crippen molar-refractivity contribution >= 4 is 17.1 Å². The summed E-state index contributed by atoms with van der Waals surface area (Å²) in [5.74, 6) is 0. The van der Waals surface area contributed by atoms with Crippen LogP contribution >= 0.6 is 0 Å². The van der Waals surface area contributed by atoms with E-state index in [1.807, 2.05) is 42.5 Å². The van der Waals surface area contributed by atoms with Gasteiger partial charge in [-0.2, -0.15) is 0 Å². The molecule has 0 aliphatic rings. The first kappa shape index (κ1) is 17.8. The minimum absolute atomic E-state index is 0.0115. The number of nitrogens with two attached hydrogens (primary N) is 1. The van der Waals surface area contributed by atoms with Gasteiger partial charge in [0.1, 0.15) is 6.17 Å². The van der Waals surface area contributed by atoms with Gasteiger partial charge in [0, 0.05) is 36.7 Å². The second-order valence-electron chi connectivity index (χ2n) is 6.08. The highest BCUT2D eigenvalue weighted by Gasteiger charge is 2.17. The molecule has 0 radical (unpaired) electrons. The van der Waals surface area contributed by atoms with Crippen molar-refractivity contribution in [3.8, 4) is 0 Å². The molecule has 4 N–H and O–H groups in total. The van der Waals surface area contributed by atoms with Crippen molar-refractivity contribution in [1.82, 2.24) is 0 Å². The van der Waals surface area contributed by atoms with Gasteiger partial charge in [-0.05, 0) is 36.4 Å². The Labute approximate surface area is 155 Å². The molecule has 0 bridgehead atoms. The molecule has 0 saturated heterocycles. The zero-order valence-corrected chi connectivity index (χ0v) is 14.9. The maximum absolute atomic E-state index is 6.12. The van der Waals surface area contributed by atoms with Gasteiger partial charge in [-0.3, -0.25) is 0 Å². The summed E-state index contributed by atoms with van der Waals surface area (Å²) in [4.78, 5) is 2.31. The largest absolute Gasteiger partial charge is 0.383 e. The minimum Gasteiger partial charge on any atom is -0.383 e. The van der Waals surface area contributed by atoms with Gasteiger partial charge in [-0.15, -0.1) is 0 Å². The van der Waals surface area contributed by atoms with Crippen molar-refractivity contribution in [2.45, 2.75) is 6.17 Å². The molecule has 4 heteroatoms. The Balaban J connectivity index is 1.71. The Morgan fingerprint density at radius 3 is 1.85 bits per heavy atom. The topological polar surface area (TPSA) is 53.3 Å². The highest BCUT2D eigenvalue weighted by atomic mass is 15.3. The quantitative estimate of drug-likeness (QED) is 0.513. The lowest BCUT2D eigenvalue weighted by Crippen LogP contribution is -2.48. The predicted molar refractivity (Wildman–Crippen MR) is 112 cm³/mol. The molecule has 134 valence electrons. The Morgan fingerprint density at radius 1 is 0.731 bits per heavy atom. The standard InChI is InChI=1S/C22H26N4/c23-18-22(25-20-12-6-2-7-13-20)26(21-14-8-3-9-15-21)17-16-24-19-10-4-1-5-11-19/h1-15,22,24-25H,16-18,23H2. The molecule has 1 unspecified atom stereocenters. The maximum atomic E-state index is 6.12. The van der Waals surface area contributed by atoms with Gasteiger partial charge >= 0.3 is 0 Å². The number of hydrogen-bond acceptors (Lipinski definition) is 4. The smallest absolute Gasteiger partial charge is 0.112 e. The van der Waals surface area contributed by atoms with E-state index in [1.54, 1.807) is 0 Å². The van der Waals surface area contributed by atoms with Crippen LogP contribution in [0.5, 0.6) is 0 Å². The molecule has 26 heavy (non-hydrogen) atoms. The van der Waals surface area contributed by atoms with Gasteiger partial charge in [0.15, 0.2) is 0 Å². The van der Waals surface area contributed by atoms with Crippen molar-refractivity contribution in [2.24, 2.45) is 5.73 Å². The summed E-state index contributed by atoms with van der Waals surface area (Å²) in [5.41, 5.74) is 9.47. The summed E-state index contributed by atoms with van der Waals surface area (Å²) in [6, 6.07) is 30.9. The zero-order chi connectivity index (χ0) is 18.0. The number of nitrogens with one attached hydrogen (secondary N) is 2. The van der Waals surface area contributed by atoms with Crippen molar-refractivity contribution in [3.63, 3.8) is 0 Å². The SMILES string of the molecule is NCC(Nc1ccccc1)N(CCNc1ccccc1)c1ccccc1. The molecule has 4 nitrogen and oxygen atoms in total. The molecule has 3 rings (SSSR count). The van der Waals surface area contributed by atoms with E-state index < -0.39 is 0 Å². The van der Waals surface area contributed by atoms with Crippen LogP contribution in [0.25, 0.3) is 0 Å². The monoisotopic (exact) mass is 346 g/mol. The summed E-state index contributed by atoms with van der Waals surface area (Å²) in [7, 11) is 0. The third kappa shape index (κ3) is 5.01. The third-order valence-corrected chi connectivity index (χ3v) is 4.25. The van der Waals surface area contributed by atoms with Gasteiger partial charge in [0.05, 0.1) is 0 Å². The summed E-state index contributed by atoms with van der Waals surface area (Å²) < 4.78 is 0. The highest BCUT2D eigenvalue weighted by molar-refractivity contribution is 5.52. The van der Waals surface area contributed by atoms with Crippen LogP contribution in [0, 0.1) is 0 Å². The average Bonchev–Trinajstić information content (AvgIpc) is 2.72. The van der Waals surface area contributed by atoms with Crippen molar-refractivity contribution in [1.29, 1.82) is 0 Å². The van der Waals surface area contributed by atoms with Gasteiger partial charge < -0.3 is 21.3 Å². The van der Waals surface area contributed by atoms with Crippen LogP contribution in [0.1, 0.15) is 0 Å². The highest BCUT2D eigenvalue weighted by Crippen LogP contribution is 2.18. The molecule has 0 saturated carbocycles. The van der Waals surface area contributed by atoms with E-state index in [0.717, 1.165) is 30.2 Å². The molecule has 1 atom stereocenters. The van der Waals surface area contributed by atoms with Crippen molar-refractivity contribution in [2.75, 3.05) is 35.2 Å². The number of rotatable bonds is 9. The van der Waals surface area contributed by atoms with Crippen LogP contribution in [0.2, 0.25) is 0 Å². The Kier molecular flexibility index (Phi) is 6.51. The molecule has 0 spiro atoms. The molecule has 0 fully saturated rings.